The molecule has 4 rings (SSSR count). The Morgan fingerprint density at radius 2 is 1.93 bits per heavy atom. The van der Waals surface area contributed by atoms with Crippen LogP contribution in [-0.4, -0.2) is 25.4 Å². The van der Waals surface area contributed by atoms with Gasteiger partial charge in [0.05, 0.1) is 24.6 Å². The Bertz CT molecular complexity index is 867. The lowest BCUT2D eigenvalue weighted by Crippen LogP contribution is -2.35. The highest BCUT2D eigenvalue weighted by Gasteiger charge is 2.20. The Labute approximate surface area is 164 Å². The van der Waals surface area contributed by atoms with Crippen molar-refractivity contribution in [1.29, 1.82) is 0 Å². The lowest BCUT2D eigenvalue weighted by atomic mass is 9.96. The van der Waals surface area contributed by atoms with Gasteiger partial charge < -0.3 is 9.88 Å². The first-order valence-corrected chi connectivity index (χ1v) is 9.91. The number of rotatable bonds is 6. The third-order valence-corrected chi connectivity index (χ3v) is 5.29. The van der Waals surface area contributed by atoms with Gasteiger partial charge in [-0.2, -0.15) is 5.10 Å². The van der Waals surface area contributed by atoms with Gasteiger partial charge in [0.1, 0.15) is 5.82 Å². The number of nitrogens with zero attached hydrogens (tertiary/aromatic N) is 4. The molecule has 1 aromatic carbocycles. The van der Waals surface area contributed by atoms with Crippen molar-refractivity contribution < 1.29 is 4.79 Å². The number of amides is 2. The first kappa shape index (κ1) is 18.3. The van der Waals surface area contributed by atoms with Gasteiger partial charge in [-0.05, 0) is 18.4 Å². The molecule has 1 aliphatic carbocycles. The zero-order valence-electron chi connectivity index (χ0n) is 15.9. The first-order valence-electron chi connectivity index (χ1n) is 9.91. The molecule has 0 spiro atoms. The van der Waals surface area contributed by atoms with Gasteiger partial charge in [0, 0.05) is 25.0 Å². The molecule has 3 aromatic rings. The maximum absolute atomic E-state index is 12.8. The van der Waals surface area contributed by atoms with E-state index < -0.39 is 0 Å². The number of nitrogens with one attached hydrogen (secondary N) is 2. The number of urea groups is 1. The van der Waals surface area contributed by atoms with Gasteiger partial charge in [-0.3, -0.25) is 5.32 Å². The Hall–Kier alpha value is -3.09. The number of anilines is 1. The van der Waals surface area contributed by atoms with Crippen molar-refractivity contribution in [3.05, 3.63) is 66.9 Å². The average molecular weight is 378 g/mol. The largest absolute Gasteiger partial charge is 0.335 e. The predicted octanol–water partition coefficient (Wildman–Crippen LogP) is 4.15. The summed E-state index contributed by atoms with van der Waals surface area (Å²) in [5.74, 6) is 0.749. The van der Waals surface area contributed by atoms with Crippen LogP contribution in [-0.2, 0) is 6.54 Å². The monoisotopic (exact) mass is 378 g/mol. The van der Waals surface area contributed by atoms with Crippen molar-refractivity contribution in [2.75, 3.05) is 5.32 Å². The lowest BCUT2D eigenvalue weighted by molar-refractivity contribution is 0.246. The Morgan fingerprint density at radius 1 is 1.11 bits per heavy atom. The normalized spacial score (nSPS) is 15.9. The summed E-state index contributed by atoms with van der Waals surface area (Å²) < 4.78 is 3.93. The van der Waals surface area contributed by atoms with Crippen molar-refractivity contribution in [1.82, 2.24) is 24.6 Å². The molecule has 0 aliphatic heterocycles. The molecule has 0 radical (unpaired) electrons. The molecule has 1 atom stereocenters. The van der Waals surface area contributed by atoms with Crippen molar-refractivity contribution in [3.8, 4) is 0 Å². The van der Waals surface area contributed by atoms with Crippen molar-refractivity contribution in [3.63, 3.8) is 0 Å². The zero-order chi connectivity index (χ0) is 19.2. The predicted molar refractivity (Wildman–Crippen MR) is 108 cm³/mol. The number of hydrogen-bond donors (Lipinski definition) is 2. The number of carbonyl (C=O) groups is 1. The van der Waals surface area contributed by atoms with E-state index in [4.69, 9.17) is 0 Å². The van der Waals surface area contributed by atoms with Gasteiger partial charge >= 0.3 is 6.03 Å². The standard InChI is InChI=1S/C21H26N6O/c28-21(25-20-11-12-23-27(20)18-9-5-2-6-10-18)24-19(15-26-14-13-22-16-26)17-7-3-1-4-8-17/h1,3-4,7-8,11-14,16,18-19H,2,5-6,9-10,15H2,(H2,24,25,28). The first-order chi connectivity index (χ1) is 13.8. The highest BCUT2D eigenvalue weighted by atomic mass is 16.2. The Kier molecular flexibility index (Phi) is 5.70. The van der Waals surface area contributed by atoms with Crippen LogP contribution < -0.4 is 10.6 Å². The number of carbonyl (C=O) groups excluding carboxylic acids is 1. The fourth-order valence-electron chi connectivity index (χ4n) is 3.87. The highest BCUT2D eigenvalue weighted by molar-refractivity contribution is 5.88. The smallest absolute Gasteiger partial charge is 0.320 e. The topological polar surface area (TPSA) is 76.8 Å². The van der Waals surface area contributed by atoms with E-state index in [1.54, 1.807) is 18.7 Å². The van der Waals surface area contributed by atoms with E-state index in [0.717, 1.165) is 24.2 Å². The van der Waals surface area contributed by atoms with Crippen LogP contribution >= 0.6 is 0 Å². The molecule has 1 unspecified atom stereocenters. The fourth-order valence-corrected chi connectivity index (χ4v) is 3.87. The van der Waals surface area contributed by atoms with Crippen molar-refractivity contribution >= 4 is 11.8 Å². The summed E-state index contributed by atoms with van der Waals surface area (Å²) in [6.07, 6.45) is 13.1. The Balaban J connectivity index is 1.45. The number of aromatic nitrogens is 4. The summed E-state index contributed by atoms with van der Waals surface area (Å²) in [4.78, 5) is 16.9. The van der Waals surface area contributed by atoms with E-state index >= 15 is 0 Å². The quantitative estimate of drug-likeness (QED) is 0.676. The van der Waals surface area contributed by atoms with Crippen LogP contribution in [0.5, 0.6) is 0 Å². The van der Waals surface area contributed by atoms with E-state index in [1.165, 1.54) is 19.3 Å². The molecule has 2 aromatic heterocycles. The second-order valence-electron chi connectivity index (χ2n) is 7.27. The van der Waals surface area contributed by atoms with Crippen molar-refractivity contribution in [2.45, 2.75) is 50.7 Å². The molecule has 1 saturated carbocycles. The van der Waals surface area contributed by atoms with Crippen molar-refractivity contribution in [2.24, 2.45) is 0 Å². The van der Waals surface area contributed by atoms with E-state index in [1.807, 2.05) is 51.8 Å². The van der Waals surface area contributed by atoms with Gasteiger partial charge in [-0.25, -0.2) is 14.5 Å². The van der Waals surface area contributed by atoms with Gasteiger partial charge in [0.25, 0.3) is 0 Å². The molecular formula is C21H26N6O. The molecule has 7 nitrogen and oxygen atoms in total. The minimum Gasteiger partial charge on any atom is -0.335 e. The number of benzene rings is 1. The van der Waals surface area contributed by atoms with Crippen LogP contribution in [0.2, 0.25) is 0 Å². The molecule has 0 bridgehead atoms. The SMILES string of the molecule is O=C(Nc1ccnn1C1CCCCC1)NC(Cn1ccnc1)c1ccccc1. The van der Waals surface area contributed by atoms with Gasteiger partial charge in [-0.15, -0.1) is 0 Å². The summed E-state index contributed by atoms with van der Waals surface area (Å²) in [7, 11) is 0. The molecule has 2 N–H and O–H groups in total. The molecule has 2 amide bonds. The summed E-state index contributed by atoms with van der Waals surface area (Å²) >= 11 is 0. The third-order valence-electron chi connectivity index (χ3n) is 5.29. The van der Waals surface area contributed by atoms with E-state index in [2.05, 4.69) is 20.7 Å². The van der Waals surface area contributed by atoms with Gasteiger partial charge in [-0.1, -0.05) is 49.6 Å². The minimum absolute atomic E-state index is 0.165. The second kappa shape index (κ2) is 8.73. The maximum Gasteiger partial charge on any atom is 0.320 e. The van der Waals surface area contributed by atoms with Gasteiger partial charge in [0.2, 0.25) is 0 Å². The molecule has 7 heteroatoms. The summed E-state index contributed by atoms with van der Waals surface area (Å²) in [5, 5.41) is 10.5. The molecule has 0 saturated heterocycles. The summed E-state index contributed by atoms with van der Waals surface area (Å²) in [5.41, 5.74) is 1.05. The van der Waals surface area contributed by atoms with Crippen LogP contribution in [0.25, 0.3) is 0 Å². The molecular weight excluding hydrogens is 352 g/mol. The second-order valence-corrected chi connectivity index (χ2v) is 7.27. The van der Waals surface area contributed by atoms with Crippen LogP contribution in [0.3, 0.4) is 0 Å². The molecule has 1 fully saturated rings. The molecule has 1 aliphatic rings. The van der Waals surface area contributed by atoms with Crippen LogP contribution in [0, 0.1) is 0 Å². The van der Waals surface area contributed by atoms with E-state index in [9.17, 15) is 4.79 Å². The summed E-state index contributed by atoms with van der Waals surface area (Å²) in [6, 6.07) is 11.8. The molecule has 146 valence electrons. The van der Waals surface area contributed by atoms with E-state index in [-0.39, 0.29) is 12.1 Å². The maximum atomic E-state index is 12.8. The fraction of sp³-hybridized carbons (Fsp3) is 0.381. The lowest BCUT2D eigenvalue weighted by Gasteiger charge is -2.24. The van der Waals surface area contributed by atoms with E-state index in [0.29, 0.717) is 12.6 Å². The highest BCUT2D eigenvalue weighted by Crippen LogP contribution is 2.29. The minimum atomic E-state index is -0.230. The Morgan fingerprint density at radius 3 is 2.68 bits per heavy atom. The van der Waals surface area contributed by atoms with Crippen LogP contribution in [0.1, 0.15) is 49.8 Å². The summed E-state index contributed by atoms with van der Waals surface area (Å²) in [6.45, 7) is 0.610. The number of hydrogen-bond acceptors (Lipinski definition) is 3. The molecule has 2 heterocycles. The third kappa shape index (κ3) is 4.42. The number of imidazole rings is 1. The van der Waals surface area contributed by atoms with Crippen LogP contribution in [0.15, 0.2) is 61.3 Å². The zero-order valence-corrected chi connectivity index (χ0v) is 15.9. The van der Waals surface area contributed by atoms with Crippen LogP contribution in [0.4, 0.5) is 10.6 Å². The van der Waals surface area contributed by atoms with Gasteiger partial charge in [0.15, 0.2) is 0 Å². The molecule has 28 heavy (non-hydrogen) atoms. The average Bonchev–Trinajstić information content (AvgIpc) is 3.41.